The number of aryl methyl sites for hydroxylation is 1. The Bertz CT molecular complexity index is 1250. The minimum Gasteiger partial charge on any atom is -0.495 e. The number of amides is 1. The van der Waals surface area contributed by atoms with Gasteiger partial charge >= 0.3 is 0 Å². The van der Waals surface area contributed by atoms with Gasteiger partial charge in [0.2, 0.25) is 10.0 Å². The summed E-state index contributed by atoms with van der Waals surface area (Å²) in [6, 6.07) is 12.6. The van der Waals surface area contributed by atoms with Gasteiger partial charge < -0.3 is 10.1 Å². The van der Waals surface area contributed by atoms with Gasteiger partial charge in [0, 0.05) is 24.2 Å². The Hall–Kier alpha value is -2.39. The summed E-state index contributed by atoms with van der Waals surface area (Å²) in [7, 11) is -2.35. The van der Waals surface area contributed by atoms with Crippen molar-refractivity contribution in [2.24, 2.45) is 0 Å². The molecule has 4 rings (SSSR count). The Morgan fingerprint density at radius 2 is 1.94 bits per heavy atom. The molecule has 0 atom stereocenters. The molecule has 0 saturated heterocycles. The summed E-state index contributed by atoms with van der Waals surface area (Å²) in [5.41, 5.74) is 3.34. The van der Waals surface area contributed by atoms with Crippen LogP contribution in [0.25, 0.3) is 0 Å². The second kappa shape index (κ2) is 8.63. The Kier molecular flexibility index (Phi) is 6.07. The normalized spacial score (nSPS) is 14.2. The first-order valence-corrected chi connectivity index (χ1v) is 12.3. The summed E-state index contributed by atoms with van der Waals surface area (Å²) in [4.78, 5) is 13.2. The Morgan fingerprint density at radius 1 is 1.19 bits per heavy atom. The molecule has 0 bridgehead atoms. The van der Waals surface area contributed by atoms with Gasteiger partial charge in [0.05, 0.1) is 12.8 Å². The van der Waals surface area contributed by atoms with E-state index in [1.165, 1.54) is 17.5 Å². The second-order valence-electron chi connectivity index (χ2n) is 7.23. The van der Waals surface area contributed by atoms with Crippen LogP contribution in [0.4, 0.5) is 5.69 Å². The van der Waals surface area contributed by atoms with Crippen LogP contribution < -0.4 is 10.1 Å². The van der Waals surface area contributed by atoms with Crippen molar-refractivity contribution < 1.29 is 17.9 Å². The van der Waals surface area contributed by atoms with E-state index >= 15 is 0 Å². The fraction of sp³-hybridized carbons (Fsp3) is 0.227. The molecule has 1 amide bonds. The molecular weight excluding hydrogens is 456 g/mol. The maximum absolute atomic E-state index is 13.4. The zero-order valence-corrected chi connectivity index (χ0v) is 19.4. The highest BCUT2D eigenvalue weighted by molar-refractivity contribution is 7.89. The number of rotatable bonds is 5. The summed E-state index contributed by atoms with van der Waals surface area (Å²) < 4.78 is 33.5. The van der Waals surface area contributed by atoms with Gasteiger partial charge in [0.1, 0.15) is 15.5 Å². The molecule has 162 valence electrons. The van der Waals surface area contributed by atoms with Crippen LogP contribution in [-0.4, -0.2) is 32.3 Å². The number of sulfonamides is 1. The average Bonchev–Trinajstić information content (AvgIpc) is 3.27. The topological polar surface area (TPSA) is 75.7 Å². The summed E-state index contributed by atoms with van der Waals surface area (Å²) in [5, 5.41) is 4.90. The highest BCUT2D eigenvalue weighted by Crippen LogP contribution is 2.33. The molecule has 0 fully saturated rings. The Labute approximate surface area is 190 Å². The Balaban J connectivity index is 1.62. The third kappa shape index (κ3) is 4.21. The Morgan fingerprint density at radius 3 is 2.68 bits per heavy atom. The van der Waals surface area contributed by atoms with E-state index in [-0.39, 0.29) is 9.77 Å². The van der Waals surface area contributed by atoms with E-state index in [9.17, 15) is 13.2 Å². The van der Waals surface area contributed by atoms with Crippen molar-refractivity contribution in [3.8, 4) is 5.75 Å². The van der Waals surface area contributed by atoms with Crippen molar-refractivity contribution in [2.45, 2.75) is 24.8 Å². The van der Waals surface area contributed by atoms with Crippen LogP contribution in [0.2, 0.25) is 5.02 Å². The third-order valence-electron chi connectivity index (χ3n) is 5.28. The zero-order chi connectivity index (χ0) is 22.2. The van der Waals surface area contributed by atoms with E-state index in [1.807, 2.05) is 31.2 Å². The molecule has 0 spiro atoms. The maximum atomic E-state index is 13.4. The molecule has 2 heterocycles. The average molecular weight is 477 g/mol. The first-order chi connectivity index (χ1) is 14.8. The summed E-state index contributed by atoms with van der Waals surface area (Å²) >= 11 is 7.22. The predicted octanol–water partition coefficient (Wildman–Crippen LogP) is 4.72. The van der Waals surface area contributed by atoms with Crippen LogP contribution in [0.5, 0.6) is 5.75 Å². The lowest BCUT2D eigenvalue weighted by atomic mass is 10.0. The number of benzene rings is 2. The summed E-state index contributed by atoms with van der Waals surface area (Å²) in [6.45, 7) is 2.48. The predicted molar refractivity (Wildman–Crippen MR) is 123 cm³/mol. The van der Waals surface area contributed by atoms with Gasteiger partial charge in [0.15, 0.2) is 0 Å². The number of thiophene rings is 1. The quantitative estimate of drug-likeness (QED) is 0.578. The number of carbonyl (C=O) groups excluding carboxylic acids is 1. The van der Waals surface area contributed by atoms with Gasteiger partial charge in [-0.25, -0.2) is 8.42 Å². The van der Waals surface area contributed by atoms with Crippen LogP contribution >= 0.6 is 22.9 Å². The molecule has 1 aliphatic heterocycles. The zero-order valence-electron chi connectivity index (χ0n) is 17.0. The van der Waals surface area contributed by atoms with Crippen molar-refractivity contribution in [1.82, 2.24) is 4.31 Å². The molecule has 1 aromatic heterocycles. The second-order valence-corrected chi connectivity index (χ2v) is 10.5. The van der Waals surface area contributed by atoms with Crippen molar-refractivity contribution in [3.05, 3.63) is 74.4 Å². The standard InChI is InChI=1S/C22H21ClN2O4S2/c1-14-11-18(19(29-2)12-17(14)23)24-22(26)21-20(8-10-30-21)31(27,28)25-9-7-15-5-3-4-6-16(15)13-25/h3-6,8,10-12H,7,9,13H2,1-2H3,(H,24,26). The van der Waals surface area contributed by atoms with Gasteiger partial charge in [-0.2, -0.15) is 4.31 Å². The fourth-order valence-electron chi connectivity index (χ4n) is 3.59. The van der Waals surface area contributed by atoms with Crippen molar-refractivity contribution >= 4 is 44.6 Å². The number of halogens is 1. The molecule has 1 N–H and O–H groups in total. The van der Waals surface area contributed by atoms with Crippen LogP contribution in [0, 0.1) is 6.92 Å². The SMILES string of the molecule is COc1cc(Cl)c(C)cc1NC(=O)c1sccc1S(=O)(=O)N1CCc2ccccc2C1. The lowest BCUT2D eigenvalue weighted by Gasteiger charge is -2.28. The number of hydrogen-bond acceptors (Lipinski definition) is 5. The molecule has 9 heteroatoms. The number of anilines is 1. The van der Waals surface area contributed by atoms with E-state index in [0.29, 0.717) is 36.0 Å². The van der Waals surface area contributed by atoms with Crippen LogP contribution in [-0.2, 0) is 23.0 Å². The molecule has 0 unspecified atom stereocenters. The van der Waals surface area contributed by atoms with Crippen molar-refractivity contribution in [3.63, 3.8) is 0 Å². The molecule has 3 aromatic rings. The minimum absolute atomic E-state index is 0.0130. The molecule has 2 aromatic carbocycles. The number of carbonyl (C=O) groups is 1. The number of nitrogens with zero attached hydrogens (tertiary/aromatic N) is 1. The van der Waals surface area contributed by atoms with Crippen molar-refractivity contribution in [2.75, 3.05) is 19.0 Å². The van der Waals surface area contributed by atoms with Gasteiger partial charge in [-0.05, 0) is 47.5 Å². The molecule has 0 saturated carbocycles. The molecule has 0 aliphatic carbocycles. The third-order valence-corrected chi connectivity index (χ3v) is 8.61. The van der Waals surface area contributed by atoms with Crippen LogP contribution in [0.1, 0.15) is 26.4 Å². The van der Waals surface area contributed by atoms with E-state index in [4.69, 9.17) is 16.3 Å². The molecule has 0 radical (unpaired) electrons. The summed E-state index contributed by atoms with van der Waals surface area (Å²) in [5.74, 6) is -0.108. The largest absolute Gasteiger partial charge is 0.495 e. The van der Waals surface area contributed by atoms with Gasteiger partial charge in [-0.3, -0.25) is 4.79 Å². The van der Waals surface area contributed by atoms with Gasteiger partial charge in [0.25, 0.3) is 5.91 Å². The number of fused-ring (bicyclic) bond motifs is 1. The molecule has 31 heavy (non-hydrogen) atoms. The lowest BCUT2D eigenvalue weighted by Crippen LogP contribution is -2.36. The molecule has 1 aliphatic rings. The monoisotopic (exact) mass is 476 g/mol. The van der Waals surface area contributed by atoms with Gasteiger partial charge in [-0.15, -0.1) is 11.3 Å². The van der Waals surface area contributed by atoms with Crippen LogP contribution in [0.15, 0.2) is 52.7 Å². The highest BCUT2D eigenvalue weighted by Gasteiger charge is 2.32. The number of nitrogens with one attached hydrogen (secondary N) is 1. The van der Waals surface area contributed by atoms with Crippen LogP contribution in [0.3, 0.4) is 0 Å². The molecule has 6 nitrogen and oxygen atoms in total. The van der Waals surface area contributed by atoms with E-state index in [0.717, 1.165) is 28.0 Å². The van der Waals surface area contributed by atoms with Gasteiger partial charge in [-0.1, -0.05) is 35.9 Å². The van der Waals surface area contributed by atoms with E-state index < -0.39 is 15.9 Å². The van der Waals surface area contributed by atoms with Crippen molar-refractivity contribution in [1.29, 1.82) is 0 Å². The number of methoxy groups -OCH3 is 1. The molecular formula is C22H21ClN2O4S2. The smallest absolute Gasteiger partial charge is 0.267 e. The first-order valence-electron chi connectivity index (χ1n) is 9.61. The first kappa shape index (κ1) is 21.8. The number of hydrogen-bond donors (Lipinski definition) is 1. The van der Waals surface area contributed by atoms with E-state index in [1.54, 1.807) is 17.5 Å². The lowest BCUT2D eigenvalue weighted by molar-refractivity contribution is 0.102. The van der Waals surface area contributed by atoms with E-state index in [2.05, 4.69) is 5.32 Å². The summed E-state index contributed by atoms with van der Waals surface area (Å²) in [6.07, 6.45) is 0.641. The highest BCUT2D eigenvalue weighted by atomic mass is 35.5. The fourth-order valence-corrected chi connectivity index (χ4v) is 6.46. The minimum atomic E-state index is -3.83. The number of ether oxygens (including phenoxy) is 1. The maximum Gasteiger partial charge on any atom is 0.267 e.